The minimum atomic E-state index is 0.0656. The lowest BCUT2D eigenvalue weighted by atomic mass is 9.86. The number of thiophene rings is 1. The van der Waals surface area contributed by atoms with Crippen LogP contribution < -0.4 is 10.1 Å². The maximum atomic E-state index is 13.3. The van der Waals surface area contributed by atoms with Crippen LogP contribution in [0, 0.1) is 5.92 Å². The van der Waals surface area contributed by atoms with Crippen LogP contribution in [0.5, 0.6) is 5.75 Å². The molecule has 2 saturated heterocycles. The number of rotatable bonds is 5. The van der Waals surface area contributed by atoms with Gasteiger partial charge in [-0.15, -0.1) is 11.3 Å². The number of fused-ring (bicyclic) bond motifs is 4. The molecule has 0 bridgehead atoms. The number of anilines is 2. The van der Waals surface area contributed by atoms with Crippen molar-refractivity contribution in [1.82, 2.24) is 30.0 Å². The van der Waals surface area contributed by atoms with E-state index < -0.39 is 0 Å². The van der Waals surface area contributed by atoms with E-state index in [-0.39, 0.29) is 5.92 Å². The number of carbonyl (C=O) groups excluding carboxylic acids is 1. The Morgan fingerprint density at radius 1 is 1.19 bits per heavy atom. The monoisotopic (exact) mass is 517 g/mol. The molecule has 7 rings (SSSR count). The second kappa shape index (κ2) is 9.25. The maximum Gasteiger partial charge on any atom is 0.226 e. The van der Waals surface area contributed by atoms with E-state index in [2.05, 4.69) is 35.3 Å². The molecule has 0 radical (unpaired) electrons. The number of nitrogens with zero attached hydrogens (tertiary/aromatic N) is 5. The lowest BCUT2D eigenvalue weighted by molar-refractivity contribution is -0.143. The molecule has 2 aliphatic heterocycles. The molecule has 10 heteroatoms. The van der Waals surface area contributed by atoms with E-state index in [9.17, 15) is 4.79 Å². The molecule has 1 atom stereocenters. The Morgan fingerprint density at radius 3 is 2.89 bits per heavy atom. The van der Waals surface area contributed by atoms with Crippen molar-refractivity contribution in [3.05, 3.63) is 35.1 Å². The van der Waals surface area contributed by atoms with Gasteiger partial charge in [-0.05, 0) is 56.8 Å². The van der Waals surface area contributed by atoms with Crippen LogP contribution >= 0.6 is 11.3 Å². The van der Waals surface area contributed by atoms with Crippen molar-refractivity contribution < 1.29 is 9.53 Å². The number of nitrogens with one attached hydrogen (secondary N) is 2. The normalized spacial score (nSPS) is 20.7. The number of aryl methyl sites for hydroxylation is 1. The topological polar surface area (TPSA) is 99.3 Å². The van der Waals surface area contributed by atoms with Crippen LogP contribution in [0.3, 0.4) is 0 Å². The Hall–Kier alpha value is -3.24. The van der Waals surface area contributed by atoms with Gasteiger partial charge in [-0.2, -0.15) is 5.10 Å². The number of benzene rings is 1. The molecule has 3 aliphatic rings. The number of piperidine rings is 1. The van der Waals surface area contributed by atoms with Gasteiger partial charge in [0.05, 0.1) is 29.9 Å². The highest BCUT2D eigenvalue weighted by molar-refractivity contribution is 7.19. The first-order valence-corrected chi connectivity index (χ1v) is 14.1. The SMILES string of the molecule is COc1cc2[nH]ncc2cc1Nc1ncnc2sc3c(c12)CC[C@H](C(=O)N1CC(N2CCCCC2)C1)C3. The maximum absolute atomic E-state index is 13.3. The molecule has 4 aromatic rings. The molecule has 192 valence electrons. The number of H-pyrrole nitrogens is 1. The third-order valence-corrected chi connectivity index (χ3v) is 9.45. The predicted molar refractivity (Wildman–Crippen MR) is 145 cm³/mol. The van der Waals surface area contributed by atoms with Gasteiger partial charge < -0.3 is 15.0 Å². The highest BCUT2D eigenvalue weighted by atomic mass is 32.1. The molecular weight excluding hydrogens is 486 g/mol. The molecule has 2 N–H and O–H groups in total. The Kier molecular flexibility index (Phi) is 5.73. The summed E-state index contributed by atoms with van der Waals surface area (Å²) >= 11 is 1.70. The van der Waals surface area contributed by atoms with Gasteiger partial charge in [0.1, 0.15) is 22.7 Å². The van der Waals surface area contributed by atoms with E-state index in [4.69, 9.17) is 4.74 Å². The molecule has 3 aromatic heterocycles. The Balaban J connectivity index is 1.10. The average molecular weight is 518 g/mol. The van der Waals surface area contributed by atoms with Gasteiger partial charge in [0, 0.05) is 41.4 Å². The number of methoxy groups -OCH3 is 1. The van der Waals surface area contributed by atoms with Crippen LogP contribution in [0.4, 0.5) is 11.5 Å². The fourth-order valence-corrected chi connectivity index (χ4v) is 7.46. The highest BCUT2D eigenvalue weighted by Crippen LogP contribution is 2.42. The number of hydrogen-bond donors (Lipinski definition) is 2. The summed E-state index contributed by atoms with van der Waals surface area (Å²) < 4.78 is 5.63. The Morgan fingerprint density at radius 2 is 2.05 bits per heavy atom. The summed E-state index contributed by atoms with van der Waals surface area (Å²) in [5.41, 5.74) is 3.04. The summed E-state index contributed by atoms with van der Waals surface area (Å²) in [5.74, 6) is 1.89. The zero-order valence-electron chi connectivity index (χ0n) is 21.0. The van der Waals surface area contributed by atoms with Gasteiger partial charge in [-0.3, -0.25) is 14.8 Å². The second-order valence-electron chi connectivity index (χ2n) is 10.5. The van der Waals surface area contributed by atoms with E-state index in [0.717, 1.165) is 70.7 Å². The number of ether oxygens (including phenoxy) is 1. The van der Waals surface area contributed by atoms with Crippen LogP contribution in [0.1, 0.15) is 36.1 Å². The van der Waals surface area contributed by atoms with Gasteiger partial charge >= 0.3 is 0 Å². The summed E-state index contributed by atoms with van der Waals surface area (Å²) in [6, 6.07) is 4.52. The smallest absolute Gasteiger partial charge is 0.226 e. The third kappa shape index (κ3) is 4.02. The minimum absolute atomic E-state index is 0.0656. The molecule has 5 heterocycles. The molecule has 0 spiro atoms. The van der Waals surface area contributed by atoms with Gasteiger partial charge in [-0.1, -0.05) is 6.42 Å². The summed E-state index contributed by atoms with van der Waals surface area (Å²) in [6.07, 6.45) is 9.89. The fourth-order valence-electron chi connectivity index (χ4n) is 6.19. The molecule has 9 nitrogen and oxygen atoms in total. The largest absolute Gasteiger partial charge is 0.494 e. The number of hydrogen-bond acceptors (Lipinski definition) is 8. The van der Waals surface area contributed by atoms with Crippen molar-refractivity contribution in [3.8, 4) is 5.75 Å². The molecular formula is C27H31N7O2S. The first-order valence-electron chi connectivity index (χ1n) is 13.2. The zero-order valence-corrected chi connectivity index (χ0v) is 21.8. The van der Waals surface area contributed by atoms with Crippen LogP contribution in [0.15, 0.2) is 24.7 Å². The van der Waals surface area contributed by atoms with Gasteiger partial charge in [0.25, 0.3) is 0 Å². The fraction of sp³-hybridized carbons (Fsp3) is 0.481. The molecule has 37 heavy (non-hydrogen) atoms. The number of aromatic nitrogens is 4. The van der Waals surface area contributed by atoms with Crippen LogP contribution in [-0.4, -0.2) is 75.2 Å². The van der Waals surface area contributed by atoms with Crippen molar-refractivity contribution in [3.63, 3.8) is 0 Å². The van der Waals surface area contributed by atoms with Gasteiger partial charge in [0.2, 0.25) is 5.91 Å². The molecule has 0 saturated carbocycles. The van der Waals surface area contributed by atoms with Crippen molar-refractivity contribution in [2.24, 2.45) is 5.92 Å². The van der Waals surface area contributed by atoms with E-state index in [1.165, 1.54) is 42.8 Å². The quantitative estimate of drug-likeness (QED) is 0.411. The highest BCUT2D eigenvalue weighted by Gasteiger charge is 2.39. The summed E-state index contributed by atoms with van der Waals surface area (Å²) in [5, 5.41) is 12.7. The average Bonchev–Trinajstić information content (AvgIpc) is 3.51. The number of carbonyl (C=O) groups is 1. The van der Waals surface area contributed by atoms with Crippen LogP contribution in [0.2, 0.25) is 0 Å². The molecule has 1 aliphatic carbocycles. The van der Waals surface area contributed by atoms with E-state index in [0.29, 0.717) is 11.9 Å². The lowest BCUT2D eigenvalue weighted by Crippen LogP contribution is -2.63. The summed E-state index contributed by atoms with van der Waals surface area (Å²) in [4.78, 5) is 29.5. The first-order chi connectivity index (χ1) is 18.2. The number of likely N-dealkylation sites (tertiary alicyclic amines) is 2. The molecule has 0 unspecified atom stereocenters. The third-order valence-electron chi connectivity index (χ3n) is 8.29. The number of amides is 1. The molecule has 1 aromatic carbocycles. The van der Waals surface area contributed by atoms with Crippen molar-refractivity contribution in [2.75, 3.05) is 38.6 Å². The Labute approximate surface area is 219 Å². The lowest BCUT2D eigenvalue weighted by Gasteiger charge is -2.47. The standard InChI is InChI=1S/C27H31N7O2S/c1-36-22-11-20-17(12-30-32-20)9-21(22)31-25-24-19-6-5-16(10-23(19)37-26(24)29-15-28-25)27(35)34-13-18(14-34)33-7-3-2-4-8-33/h9,11-12,15-16,18H,2-8,10,13-14H2,1H3,(H,30,32)(H,28,29,31)/t16-/m0/s1. The first kappa shape index (κ1) is 22.9. The van der Waals surface area contributed by atoms with Gasteiger partial charge in [-0.25, -0.2) is 9.97 Å². The molecule has 2 fully saturated rings. The van der Waals surface area contributed by atoms with Crippen molar-refractivity contribution >= 4 is 49.9 Å². The van der Waals surface area contributed by atoms with Crippen molar-refractivity contribution in [2.45, 2.75) is 44.6 Å². The van der Waals surface area contributed by atoms with Crippen LogP contribution in [0.25, 0.3) is 21.1 Å². The molecule has 1 amide bonds. The zero-order chi connectivity index (χ0) is 24.9. The van der Waals surface area contributed by atoms with Crippen molar-refractivity contribution in [1.29, 1.82) is 0 Å². The minimum Gasteiger partial charge on any atom is -0.494 e. The summed E-state index contributed by atoms with van der Waals surface area (Å²) in [7, 11) is 1.66. The van der Waals surface area contributed by atoms with Gasteiger partial charge in [0.15, 0.2) is 0 Å². The second-order valence-corrected chi connectivity index (χ2v) is 11.6. The predicted octanol–water partition coefficient (Wildman–Crippen LogP) is 4.12. The van der Waals surface area contributed by atoms with E-state index >= 15 is 0 Å². The van der Waals surface area contributed by atoms with E-state index in [1.54, 1.807) is 31.0 Å². The van der Waals surface area contributed by atoms with Crippen LogP contribution in [-0.2, 0) is 17.6 Å². The number of aromatic amines is 1. The van der Waals surface area contributed by atoms with E-state index in [1.807, 2.05) is 12.1 Å². The summed E-state index contributed by atoms with van der Waals surface area (Å²) in [6.45, 7) is 4.19. The Bertz CT molecular complexity index is 1470.